The molecule has 2 N–H and O–H groups in total. The standard InChI is InChI=1S/C30H30F2N6O2/c1-17-12-22(13-18(2)27(17)31)38-15-20-8-9-35(16-39)19(3)26(20)29(38)37-11-10-36(30(37)40)25-7-6-24(34-21-4-5-21)23(14-33)28(25)32/h6-7,10-16,19,21,33-34H,4-5,8-9H2,1-3H3. The number of anilines is 1. The number of hydrogen-bond acceptors (Lipinski definition) is 4. The number of halogens is 2. The van der Waals surface area contributed by atoms with Crippen LogP contribution in [0.15, 0.2) is 47.7 Å². The van der Waals surface area contributed by atoms with E-state index in [9.17, 15) is 14.0 Å². The number of nitrogens with zero attached hydrogens (tertiary/aromatic N) is 4. The second-order valence-corrected chi connectivity index (χ2v) is 10.7. The first kappa shape index (κ1) is 25.8. The maximum absolute atomic E-state index is 15.7. The molecular weight excluding hydrogens is 514 g/mol. The summed E-state index contributed by atoms with van der Waals surface area (Å²) < 4.78 is 34.7. The second-order valence-electron chi connectivity index (χ2n) is 10.7. The van der Waals surface area contributed by atoms with E-state index in [4.69, 9.17) is 5.41 Å². The molecule has 1 aliphatic carbocycles. The lowest BCUT2D eigenvalue weighted by molar-refractivity contribution is -0.120. The van der Waals surface area contributed by atoms with E-state index in [2.05, 4.69) is 5.32 Å². The topological polar surface area (TPSA) is 88.1 Å². The summed E-state index contributed by atoms with van der Waals surface area (Å²) >= 11 is 0. The molecule has 0 spiro atoms. The highest BCUT2D eigenvalue weighted by Gasteiger charge is 2.31. The van der Waals surface area contributed by atoms with Gasteiger partial charge in [0.2, 0.25) is 6.41 Å². The van der Waals surface area contributed by atoms with Gasteiger partial charge in [0.15, 0.2) is 5.82 Å². The summed E-state index contributed by atoms with van der Waals surface area (Å²) in [4.78, 5) is 27.4. The van der Waals surface area contributed by atoms with E-state index in [1.54, 1.807) is 43.1 Å². The van der Waals surface area contributed by atoms with Crippen molar-refractivity contribution in [2.24, 2.45) is 0 Å². The van der Waals surface area contributed by atoms with Crippen LogP contribution in [0, 0.1) is 30.9 Å². The van der Waals surface area contributed by atoms with Gasteiger partial charge < -0.3 is 20.2 Å². The number of imidazole rings is 1. The molecule has 2 aliphatic rings. The quantitative estimate of drug-likeness (QED) is 0.255. The van der Waals surface area contributed by atoms with Crippen molar-refractivity contribution in [3.8, 4) is 17.2 Å². The highest BCUT2D eigenvalue weighted by atomic mass is 19.1. The molecule has 2 aromatic heterocycles. The highest BCUT2D eigenvalue weighted by molar-refractivity contribution is 5.87. The van der Waals surface area contributed by atoms with E-state index < -0.39 is 11.5 Å². The molecule has 3 heterocycles. The van der Waals surface area contributed by atoms with Gasteiger partial charge in [0.25, 0.3) is 0 Å². The monoisotopic (exact) mass is 544 g/mol. The number of aromatic nitrogens is 3. The molecule has 4 aromatic rings. The zero-order chi connectivity index (χ0) is 28.3. The lowest BCUT2D eigenvalue weighted by Crippen LogP contribution is -2.33. The predicted octanol–water partition coefficient (Wildman–Crippen LogP) is 4.96. The van der Waals surface area contributed by atoms with Gasteiger partial charge in [-0.15, -0.1) is 0 Å². The van der Waals surface area contributed by atoms with Crippen LogP contribution in [-0.4, -0.2) is 43.8 Å². The van der Waals surface area contributed by atoms with Gasteiger partial charge in [0, 0.05) is 54.3 Å². The minimum atomic E-state index is -0.664. The predicted molar refractivity (Wildman–Crippen MR) is 150 cm³/mol. The summed E-state index contributed by atoms with van der Waals surface area (Å²) in [5.74, 6) is -0.436. The maximum atomic E-state index is 15.7. The number of benzene rings is 2. The van der Waals surface area contributed by atoms with Gasteiger partial charge in [0.05, 0.1) is 17.3 Å². The molecule has 1 unspecified atom stereocenters. The Kier molecular flexibility index (Phi) is 6.20. The smallest absolute Gasteiger partial charge is 0.338 e. The minimum absolute atomic E-state index is 0.0339. The normalized spacial score (nSPS) is 16.6. The van der Waals surface area contributed by atoms with Gasteiger partial charge in [0.1, 0.15) is 11.6 Å². The average Bonchev–Trinajstić information content (AvgIpc) is 3.55. The Labute approximate surface area is 230 Å². The van der Waals surface area contributed by atoms with Crippen molar-refractivity contribution < 1.29 is 13.6 Å². The van der Waals surface area contributed by atoms with Gasteiger partial charge in [-0.1, -0.05) is 0 Å². The van der Waals surface area contributed by atoms with Crippen LogP contribution in [0.4, 0.5) is 14.5 Å². The Balaban J connectivity index is 1.54. The maximum Gasteiger partial charge on any atom is 0.338 e. The van der Waals surface area contributed by atoms with Gasteiger partial charge in [-0.2, -0.15) is 0 Å². The summed E-state index contributed by atoms with van der Waals surface area (Å²) in [5, 5.41) is 11.0. The lowest BCUT2D eigenvalue weighted by Gasteiger charge is -2.31. The third kappa shape index (κ3) is 4.06. The van der Waals surface area contributed by atoms with Crippen molar-refractivity contribution in [1.29, 1.82) is 5.41 Å². The van der Waals surface area contributed by atoms with Crippen molar-refractivity contribution in [2.45, 2.75) is 52.1 Å². The van der Waals surface area contributed by atoms with Gasteiger partial charge in [-0.05, 0) is 81.0 Å². The molecule has 40 heavy (non-hydrogen) atoms. The Morgan fingerprint density at radius 3 is 2.38 bits per heavy atom. The fourth-order valence-electron chi connectivity index (χ4n) is 5.68. The Morgan fingerprint density at radius 2 is 1.73 bits per heavy atom. The zero-order valence-corrected chi connectivity index (χ0v) is 22.5. The van der Waals surface area contributed by atoms with Crippen molar-refractivity contribution in [3.05, 3.63) is 92.8 Å². The number of carbonyl (C=O) groups excluding carboxylic acids is 1. The van der Waals surface area contributed by atoms with Crippen LogP contribution < -0.4 is 11.0 Å². The average molecular weight is 545 g/mol. The summed E-state index contributed by atoms with van der Waals surface area (Å²) in [6.45, 7) is 5.84. The highest BCUT2D eigenvalue weighted by Crippen LogP contribution is 2.37. The van der Waals surface area contributed by atoms with E-state index in [0.29, 0.717) is 41.3 Å². The molecule has 206 valence electrons. The van der Waals surface area contributed by atoms with Crippen molar-refractivity contribution in [1.82, 2.24) is 18.6 Å². The van der Waals surface area contributed by atoms with Crippen LogP contribution in [0.2, 0.25) is 0 Å². The van der Waals surface area contributed by atoms with Crippen LogP contribution >= 0.6 is 0 Å². The summed E-state index contributed by atoms with van der Waals surface area (Å²) in [6, 6.07) is 6.64. The molecular formula is C30H30F2N6O2. The molecule has 8 nitrogen and oxygen atoms in total. The first-order chi connectivity index (χ1) is 19.2. The van der Waals surface area contributed by atoms with Crippen LogP contribution in [0.3, 0.4) is 0 Å². The van der Waals surface area contributed by atoms with E-state index in [1.807, 2.05) is 17.7 Å². The molecule has 1 amide bonds. The van der Waals surface area contributed by atoms with Crippen LogP contribution in [-0.2, 0) is 11.2 Å². The first-order valence-corrected chi connectivity index (χ1v) is 13.4. The first-order valence-electron chi connectivity index (χ1n) is 13.4. The van der Waals surface area contributed by atoms with Crippen molar-refractivity contribution in [3.63, 3.8) is 0 Å². The molecule has 1 atom stereocenters. The molecule has 1 fully saturated rings. The molecule has 10 heteroatoms. The van der Waals surface area contributed by atoms with Crippen LogP contribution in [0.1, 0.15) is 53.6 Å². The molecule has 0 bridgehead atoms. The molecule has 0 radical (unpaired) electrons. The van der Waals surface area contributed by atoms with Gasteiger partial charge in [-0.25, -0.2) is 13.6 Å². The number of hydrogen-bond donors (Lipinski definition) is 2. The van der Waals surface area contributed by atoms with E-state index in [-0.39, 0.29) is 29.2 Å². The SMILES string of the molecule is Cc1cc(-n2cc3c(c2-n2ccn(-c4ccc(NC5CC5)c(C=N)c4F)c2=O)C(C)N(C=O)CC3)cc(C)c1F. The fourth-order valence-corrected chi connectivity index (χ4v) is 5.68. The Hall–Kier alpha value is -4.47. The van der Waals surface area contributed by atoms with E-state index in [1.165, 1.54) is 21.4 Å². The van der Waals surface area contributed by atoms with Crippen molar-refractivity contribution >= 4 is 18.3 Å². The fraction of sp³-hybridized carbons (Fsp3) is 0.300. The molecule has 6 rings (SSSR count). The van der Waals surface area contributed by atoms with Crippen molar-refractivity contribution in [2.75, 3.05) is 11.9 Å². The summed E-state index contributed by atoms with van der Waals surface area (Å²) in [6.07, 6.45) is 9.37. The van der Waals surface area contributed by atoms with E-state index >= 15 is 4.39 Å². The number of nitrogens with one attached hydrogen (secondary N) is 2. The van der Waals surface area contributed by atoms with Crippen LogP contribution in [0.5, 0.6) is 0 Å². The largest absolute Gasteiger partial charge is 0.382 e. The lowest BCUT2D eigenvalue weighted by atomic mass is 9.98. The number of carbonyl (C=O) groups is 1. The van der Waals surface area contributed by atoms with Crippen LogP contribution in [0.25, 0.3) is 17.2 Å². The van der Waals surface area contributed by atoms with Gasteiger partial charge in [-0.3, -0.25) is 13.9 Å². The third-order valence-electron chi connectivity index (χ3n) is 7.99. The molecule has 1 aliphatic heterocycles. The molecule has 1 saturated carbocycles. The number of rotatable bonds is 7. The van der Waals surface area contributed by atoms with E-state index in [0.717, 1.165) is 36.6 Å². The second kappa shape index (κ2) is 9.62. The van der Waals surface area contributed by atoms with Gasteiger partial charge >= 0.3 is 5.69 Å². The Bertz CT molecular complexity index is 1710. The third-order valence-corrected chi connectivity index (χ3v) is 7.99. The number of aryl methyl sites for hydroxylation is 2. The summed E-state index contributed by atoms with van der Waals surface area (Å²) in [5.41, 5.74) is 3.56. The molecule has 2 aromatic carbocycles. The number of amides is 1. The number of fused-ring (bicyclic) bond motifs is 1. The molecule has 0 saturated heterocycles. The summed E-state index contributed by atoms with van der Waals surface area (Å²) in [7, 11) is 0. The minimum Gasteiger partial charge on any atom is -0.382 e. The Morgan fingerprint density at radius 1 is 1.02 bits per heavy atom. The zero-order valence-electron chi connectivity index (χ0n) is 22.5.